The first kappa shape index (κ1) is 24.1. The number of nitrogens with zero attached hydrogens (tertiary/aromatic N) is 2. The van der Waals surface area contributed by atoms with Crippen LogP contribution >= 0.6 is 0 Å². The van der Waals surface area contributed by atoms with Gasteiger partial charge in [-0.1, -0.05) is 26.7 Å². The van der Waals surface area contributed by atoms with Crippen LogP contribution in [0.4, 0.5) is 0 Å². The summed E-state index contributed by atoms with van der Waals surface area (Å²) < 4.78 is 30.2. The van der Waals surface area contributed by atoms with Crippen molar-refractivity contribution in [2.45, 2.75) is 46.1 Å². The van der Waals surface area contributed by atoms with E-state index >= 15 is 0 Å². The molecule has 8 nitrogen and oxygen atoms in total. The zero-order valence-electron chi connectivity index (χ0n) is 17.5. The number of hydrogen-bond donors (Lipinski definition) is 3. The number of rotatable bonds is 12. The molecule has 1 heterocycles. The fourth-order valence-electron chi connectivity index (χ4n) is 3.38. The number of morpholine rings is 1. The van der Waals surface area contributed by atoms with Crippen LogP contribution in [0.2, 0.25) is 0 Å². The van der Waals surface area contributed by atoms with Gasteiger partial charge in [-0.05, 0) is 19.3 Å². The minimum Gasteiger partial charge on any atom is -0.379 e. The molecule has 1 fully saturated rings. The van der Waals surface area contributed by atoms with Crippen molar-refractivity contribution in [1.82, 2.24) is 20.3 Å². The van der Waals surface area contributed by atoms with E-state index in [0.717, 1.165) is 58.2 Å². The highest BCUT2D eigenvalue weighted by atomic mass is 32.2. The van der Waals surface area contributed by atoms with Crippen molar-refractivity contribution in [3.05, 3.63) is 0 Å². The van der Waals surface area contributed by atoms with E-state index in [1.807, 2.05) is 6.92 Å². The number of ether oxygens (including phenoxy) is 1. The van der Waals surface area contributed by atoms with E-state index in [1.54, 1.807) is 0 Å². The zero-order valence-corrected chi connectivity index (χ0v) is 18.3. The maximum atomic E-state index is 11.1. The first-order valence-electron chi connectivity index (χ1n) is 10.2. The van der Waals surface area contributed by atoms with Gasteiger partial charge in [0.25, 0.3) is 0 Å². The number of hydrogen-bond acceptors (Lipinski definition) is 5. The summed E-state index contributed by atoms with van der Waals surface area (Å²) in [6.07, 6.45) is 4.18. The third-order valence-electron chi connectivity index (χ3n) is 4.90. The van der Waals surface area contributed by atoms with E-state index < -0.39 is 10.0 Å². The predicted molar refractivity (Wildman–Crippen MR) is 112 cm³/mol. The largest absolute Gasteiger partial charge is 0.379 e. The lowest BCUT2D eigenvalue weighted by Crippen LogP contribution is -2.49. The second kappa shape index (κ2) is 13.3. The topological polar surface area (TPSA) is 95.1 Å². The summed E-state index contributed by atoms with van der Waals surface area (Å²) in [6.45, 7) is 12.7. The lowest BCUT2D eigenvalue weighted by Gasteiger charge is -2.38. The Balaban J connectivity index is 2.61. The first-order chi connectivity index (χ1) is 12.9. The average Bonchev–Trinajstić information content (AvgIpc) is 2.64. The van der Waals surface area contributed by atoms with Crippen LogP contribution in [0.3, 0.4) is 0 Å². The molecule has 0 radical (unpaired) electrons. The molecule has 0 aromatic rings. The molecule has 0 aliphatic carbocycles. The van der Waals surface area contributed by atoms with Gasteiger partial charge in [0.05, 0.1) is 26.0 Å². The molecule has 1 aliphatic rings. The Morgan fingerprint density at radius 1 is 1.11 bits per heavy atom. The van der Waals surface area contributed by atoms with Crippen molar-refractivity contribution in [2.24, 2.45) is 10.9 Å². The van der Waals surface area contributed by atoms with E-state index in [1.165, 1.54) is 6.26 Å². The summed E-state index contributed by atoms with van der Waals surface area (Å²) in [5, 5.41) is 6.58. The SMILES string of the molecule is CCNC(=NCC(C(CC)CC)N1CCOCC1)NCCCNS(C)(=O)=O. The first-order valence-corrected chi connectivity index (χ1v) is 12.1. The lowest BCUT2D eigenvalue weighted by molar-refractivity contribution is 0.00395. The van der Waals surface area contributed by atoms with Gasteiger partial charge in [-0.3, -0.25) is 9.89 Å². The molecule has 1 unspecified atom stereocenters. The summed E-state index contributed by atoms with van der Waals surface area (Å²) in [5.41, 5.74) is 0. The molecule has 1 rings (SSSR count). The fourth-order valence-corrected chi connectivity index (χ4v) is 3.90. The Morgan fingerprint density at radius 3 is 2.33 bits per heavy atom. The van der Waals surface area contributed by atoms with Crippen LogP contribution in [0, 0.1) is 5.92 Å². The van der Waals surface area contributed by atoms with Crippen molar-refractivity contribution in [3.8, 4) is 0 Å². The van der Waals surface area contributed by atoms with Gasteiger partial charge in [0.1, 0.15) is 0 Å². The average molecular weight is 406 g/mol. The quantitative estimate of drug-likeness (QED) is 0.250. The van der Waals surface area contributed by atoms with Gasteiger partial charge in [-0.25, -0.2) is 13.1 Å². The molecular formula is C18H39N5O3S. The Morgan fingerprint density at radius 2 is 1.78 bits per heavy atom. The van der Waals surface area contributed by atoms with Crippen LogP contribution in [0.15, 0.2) is 4.99 Å². The van der Waals surface area contributed by atoms with E-state index in [4.69, 9.17) is 9.73 Å². The van der Waals surface area contributed by atoms with Gasteiger partial charge in [0.2, 0.25) is 10.0 Å². The van der Waals surface area contributed by atoms with E-state index in [-0.39, 0.29) is 0 Å². The van der Waals surface area contributed by atoms with Crippen LogP contribution in [0.1, 0.15) is 40.0 Å². The maximum Gasteiger partial charge on any atom is 0.208 e. The van der Waals surface area contributed by atoms with Gasteiger partial charge in [-0.2, -0.15) is 0 Å². The highest BCUT2D eigenvalue weighted by Crippen LogP contribution is 2.20. The number of aliphatic imine (C=N–C) groups is 1. The van der Waals surface area contributed by atoms with E-state index in [9.17, 15) is 8.42 Å². The predicted octanol–water partition coefficient (Wildman–Crippen LogP) is 0.618. The molecule has 1 saturated heterocycles. The number of guanidine groups is 1. The third kappa shape index (κ3) is 10.3. The van der Waals surface area contributed by atoms with Crippen molar-refractivity contribution in [1.29, 1.82) is 0 Å². The molecule has 9 heteroatoms. The fraction of sp³-hybridized carbons (Fsp3) is 0.944. The number of nitrogens with one attached hydrogen (secondary N) is 3. The van der Waals surface area contributed by atoms with Crippen molar-refractivity contribution in [3.63, 3.8) is 0 Å². The van der Waals surface area contributed by atoms with Gasteiger partial charge < -0.3 is 15.4 Å². The van der Waals surface area contributed by atoms with Crippen LogP contribution in [-0.4, -0.2) is 84.1 Å². The normalized spacial score (nSPS) is 17.9. The monoisotopic (exact) mass is 405 g/mol. The molecule has 1 atom stereocenters. The molecule has 0 saturated carbocycles. The summed E-state index contributed by atoms with van der Waals surface area (Å²) in [6, 6.07) is 0.422. The molecule has 160 valence electrons. The van der Waals surface area contributed by atoms with Crippen LogP contribution in [-0.2, 0) is 14.8 Å². The van der Waals surface area contributed by atoms with Crippen molar-refractivity contribution < 1.29 is 13.2 Å². The molecule has 0 spiro atoms. The standard InChI is InChI=1S/C18H39N5O3S/c1-5-16(6-2)17(23-11-13-26-14-12-23)15-21-18(19-7-3)20-9-8-10-22-27(4,24)25/h16-17,22H,5-15H2,1-4H3,(H2,19,20,21). The Bertz CT molecular complexity index is 517. The van der Waals surface area contributed by atoms with Crippen LogP contribution in [0.5, 0.6) is 0 Å². The Hall–Kier alpha value is -0.900. The Labute approximate surface area is 165 Å². The lowest BCUT2D eigenvalue weighted by atomic mass is 9.92. The molecule has 0 aromatic carbocycles. The van der Waals surface area contributed by atoms with Crippen molar-refractivity contribution >= 4 is 16.0 Å². The molecule has 0 bridgehead atoms. The Kier molecular flexibility index (Phi) is 11.9. The van der Waals surface area contributed by atoms with Gasteiger partial charge >= 0.3 is 0 Å². The molecule has 3 N–H and O–H groups in total. The smallest absolute Gasteiger partial charge is 0.208 e. The maximum absolute atomic E-state index is 11.1. The van der Waals surface area contributed by atoms with Gasteiger partial charge in [0, 0.05) is 38.8 Å². The highest BCUT2D eigenvalue weighted by Gasteiger charge is 2.26. The summed E-state index contributed by atoms with van der Waals surface area (Å²) in [4.78, 5) is 7.34. The van der Waals surface area contributed by atoms with Crippen LogP contribution in [0.25, 0.3) is 0 Å². The van der Waals surface area contributed by atoms with Crippen molar-refractivity contribution in [2.75, 3.05) is 58.7 Å². The summed E-state index contributed by atoms with van der Waals surface area (Å²) >= 11 is 0. The minimum absolute atomic E-state index is 0.422. The zero-order chi connectivity index (χ0) is 20.1. The van der Waals surface area contributed by atoms with E-state index in [0.29, 0.717) is 31.5 Å². The third-order valence-corrected chi connectivity index (χ3v) is 5.63. The van der Waals surface area contributed by atoms with E-state index in [2.05, 4.69) is 34.1 Å². The minimum atomic E-state index is -3.12. The summed E-state index contributed by atoms with van der Waals surface area (Å²) in [7, 11) is -3.12. The molecule has 0 amide bonds. The van der Waals surface area contributed by atoms with Crippen LogP contribution < -0.4 is 15.4 Å². The molecule has 1 aliphatic heterocycles. The van der Waals surface area contributed by atoms with Gasteiger partial charge in [0.15, 0.2) is 5.96 Å². The summed E-state index contributed by atoms with van der Waals surface area (Å²) in [5.74, 6) is 1.41. The number of sulfonamides is 1. The molecular weight excluding hydrogens is 366 g/mol. The second-order valence-electron chi connectivity index (χ2n) is 6.96. The second-order valence-corrected chi connectivity index (χ2v) is 8.79. The molecule has 0 aromatic heterocycles. The highest BCUT2D eigenvalue weighted by molar-refractivity contribution is 7.88. The molecule has 27 heavy (non-hydrogen) atoms. The van der Waals surface area contributed by atoms with Gasteiger partial charge in [-0.15, -0.1) is 0 Å².